The summed E-state index contributed by atoms with van der Waals surface area (Å²) in [4.78, 5) is 30.5. The number of alkyl halides is 2. The number of aromatic nitrogens is 1. The molecule has 1 amide bonds. The van der Waals surface area contributed by atoms with Crippen LogP contribution >= 0.6 is 0 Å². The second-order valence-electron chi connectivity index (χ2n) is 7.75. The Morgan fingerprint density at radius 2 is 2.09 bits per heavy atom. The van der Waals surface area contributed by atoms with Gasteiger partial charge in [0.05, 0.1) is 12.5 Å². The monoisotopic (exact) mass is 463 g/mol. The van der Waals surface area contributed by atoms with Gasteiger partial charge in [0.15, 0.2) is 17.9 Å². The van der Waals surface area contributed by atoms with Crippen LogP contribution in [0.4, 0.5) is 8.78 Å². The minimum absolute atomic E-state index is 0.102. The van der Waals surface area contributed by atoms with Crippen molar-refractivity contribution in [3.8, 4) is 11.5 Å². The molecule has 0 bridgehead atoms. The topological polar surface area (TPSA) is 110 Å². The predicted molar refractivity (Wildman–Crippen MR) is 109 cm³/mol. The molecule has 2 N–H and O–H groups in total. The van der Waals surface area contributed by atoms with Gasteiger partial charge in [0.25, 0.3) is 0 Å². The van der Waals surface area contributed by atoms with E-state index in [9.17, 15) is 23.5 Å². The lowest BCUT2D eigenvalue weighted by Crippen LogP contribution is -2.70. The van der Waals surface area contributed by atoms with Crippen molar-refractivity contribution in [3.05, 3.63) is 53.9 Å². The third kappa shape index (κ3) is 4.60. The molecule has 0 saturated carbocycles. The summed E-state index contributed by atoms with van der Waals surface area (Å²) < 4.78 is 40.5. The van der Waals surface area contributed by atoms with Gasteiger partial charge in [-0.05, 0) is 49.6 Å². The van der Waals surface area contributed by atoms with Gasteiger partial charge in [0.2, 0.25) is 5.91 Å². The smallest absolute Gasteiger partial charge is 0.464 e. The van der Waals surface area contributed by atoms with Crippen LogP contribution in [0.1, 0.15) is 31.0 Å². The summed E-state index contributed by atoms with van der Waals surface area (Å²) in [5.41, 5.74) is 1.28. The Hall–Kier alpha value is -3.31. The van der Waals surface area contributed by atoms with Crippen LogP contribution in [-0.4, -0.2) is 52.2 Å². The van der Waals surface area contributed by atoms with E-state index in [4.69, 9.17) is 4.74 Å². The molecule has 3 unspecified atom stereocenters. The standard InChI is InChI=1S/C22H23F2N3O6/c1-3-31-20(29)18-15(9-13-5-4-8-25-11-13)19(28)27(18)21(30)26-12(2)14-6-7-16-17(10-14)33-22(23,24)32-16/h4-8,10-12,15,18,21,26,30H,3,9H2,1-2H3/t12?,15-,18?,21?/m1/s1. The molecule has 0 aliphatic carbocycles. The molecule has 33 heavy (non-hydrogen) atoms. The van der Waals surface area contributed by atoms with E-state index < -0.39 is 42.5 Å². The van der Waals surface area contributed by atoms with Crippen molar-refractivity contribution >= 4 is 11.9 Å². The Morgan fingerprint density at radius 3 is 2.79 bits per heavy atom. The number of amides is 1. The first-order chi connectivity index (χ1) is 15.7. The van der Waals surface area contributed by atoms with E-state index in [-0.39, 0.29) is 24.5 Å². The summed E-state index contributed by atoms with van der Waals surface area (Å²) >= 11 is 0. The Bertz CT molecular complexity index is 1040. The zero-order valence-corrected chi connectivity index (χ0v) is 17.9. The minimum Gasteiger partial charge on any atom is -0.464 e. The molecule has 1 aromatic heterocycles. The summed E-state index contributed by atoms with van der Waals surface area (Å²) in [5, 5.41) is 13.5. The Kier molecular flexibility index (Phi) is 6.17. The summed E-state index contributed by atoms with van der Waals surface area (Å²) in [6, 6.07) is 6.17. The van der Waals surface area contributed by atoms with E-state index in [1.54, 1.807) is 38.4 Å². The van der Waals surface area contributed by atoms with Crippen LogP contribution < -0.4 is 14.8 Å². The molecule has 2 aromatic rings. The number of likely N-dealkylation sites (tertiary alicyclic amines) is 1. The largest absolute Gasteiger partial charge is 0.586 e. The number of ether oxygens (including phenoxy) is 3. The van der Waals surface area contributed by atoms with Crippen LogP contribution in [0.5, 0.6) is 11.5 Å². The van der Waals surface area contributed by atoms with E-state index in [0.29, 0.717) is 5.56 Å². The van der Waals surface area contributed by atoms with E-state index >= 15 is 0 Å². The number of hydrogen-bond donors (Lipinski definition) is 2. The molecule has 176 valence electrons. The lowest BCUT2D eigenvalue weighted by molar-refractivity contribution is -0.286. The second kappa shape index (κ2) is 8.91. The van der Waals surface area contributed by atoms with Crippen molar-refractivity contribution in [3.63, 3.8) is 0 Å². The molecule has 0 radical (unpaired) electrons. The number of halogens is 2. The molecule has 0 spiro atoms. The number of pyridine rings is 1. The molecule has 1 aromatic carbocycles. The Morgan fingerprint density at radius 1 is 1.33 bits per heavy atom. The first-order valence-corrected chi connectivity index (χ1v) is 10.4. The van der Waals surface area contributed by atoms with Crippen molar-refractivity contribution in [2.45, 2.75) is 45.0 Å². The number of fused-ring (bicyclic) bond motifs is 1. The van der Waals surface area contributed by atoms with Crippen molar-refractivity contribution in [1.82, 2.24) is 15.2 Å². The van der Waals surface area contributed by atoms with Gasteiger partial charge in [-0.1, -0.05) is 12.1 Å². The zero-order chi connectivity index (χ0) is 23.8. The Labute approximate surface area is 188 Å². The average molecular weight is 463 g/mol. The Balaban J connectivity index is 1.46. The highest BCUT2D eigenvalue weighted by Gasteiger charge is 2.54. The molecule has 4 atom stereocenters. The van der Waals surface area contributed by atoms with Gasteiger partial charge < -0.3 is 19.3 Å². The summed E-state index contributed by atoms with van der Waals surface area (Å²) in [7, 11) is 0. The summed E-state index contributed by atoms with van der Waals surface area (Å²) in [5.74, 6) is -1.98. The molecule has 3 heterocycles. The number of rotatable bonds is 8. The lowest BCUT2D eigenvalue weighted by atomic mass is 9.82. The summed E-state index contributed by atoms with van der Waals surface area (Å²) in [6.07, 6.45) is -1.77. The number of hydrogen-bond acceptors (Lipinski definition) is 8. The van der Waals surface area contributed by atoms with Crippen LogP contribution in [0.25, 0.3) is 0 Å². The van der Waals surface area contributed by atoms with E-state index in [1.165, 1.54) is 18.2 Å². The number of carbonyl (C=O) groups is 2. The van der Waals surface area contributed by atoms with Gasteiger partial charge >= 0.3 is 12.3 Å². The van der Waals surface area contributed by atoms with E-state index in [2.05, 4.69) is 19.8 Å². The fourth-order valence-corrected chi connectivity index (χ4v) is 3.96. The summed E-state index contributed by atoms with van der Waals surface area (Å²) in [6.45, 7) is 3.44. The first-order valence-electron chi connectivity index (χ1n) is 10.4. The highest BCUT2D eigenvalue weighted by atomic mass is 19.3. The molecular weight excluding hydrogens is 440 g/mol. The molecule has 9 nitrogen and oxygen atoms in total. The number of aliphatic hydroxyl groups is 1. The van der Waals surface area contributed by atoms with Gasteiger partial charge in [-0.15, -0.1) is 8.78 Å². The second-order valence-corrected chi connectivity index (χ2v) is 7.75. The molecule has 1 fully saturated rings. The normalized spacial score (nSPS) is 22.5. The fraction of sp³-hybridized carbons (Fsp3) is 0.409. The quantitative estimate of drug-likeness (QED) is 0.347. The molecule has 2 aliphatic heterocycles. The van der Waals surface area contributed by atoms with E-state index in [1.807, 2.05) is 0 Å². The SMILES string of the molecule is CCOC(=O)C1[C@@H](Cc2cccnc2)C(=O)N1C(O)NC(C)c1ccc2c(c1)OC(F)(F)O2. The van der Waals surface area contributed by atoms with E-state index in [0.717, 1.165) is 10.5 Å². The molecule has 2 aliphatic rings. The van der Waals surface area contributed by atoms with Crippen LogP contribution in [-0.2, 0) is 20.7 Å². The average Bonchev–Trinajstić information content (AvgIpc) is 3.09. The third-order valence-corrected chi connectivity index (χ3v) is 5.55. The van der Waals surface area contributed by atoms with Crippen LogP contribution in [0.2, 0.25) is 0 Å². The molecule has 11 heteroatoms. The molecule has 1 saturated heterocycles. The lowest BCUT2D eigenvalue weighted by Gasteiger charge is -2.48. The van der Waals surface area contributed by atoms with Crippen molar-refractivity contribution in [2.24, 2.45) is 5.92 Å². The van der Waals surface area contributed by atoms with Crippen molar-refractivity contribution in [1.29, 1.82) is 0 Å². The number of β-lactam (4-membered cyclic amide) rings is 1. The van der Waals surface area contributed by atoms with Gasteiger partial charge in [-0.25, -0.2) is 4.79 Å². The van der Waals surface area contributed by atoms with Gasteiger partial charge in [0.1, 0.15) is 6.04 Å². The molecular formula is C22H23F2N3O6. The maximum Gasteiger partial charge on any atom is 0.586 e. The number of benzene rings is 1. The molecule has 4 rings (SSSR count). The predicted octanol–water partition coefficient (Wildman–Crippen LogP) is 1.96. The van der Waals surface area contributed by atoms with Crippen LogP contribution in [0.15, 0.2) is 42.7 Å². The van der Waals surface area contributed by atoms with Gasteiger partial charge in [0, 0.05) is 18.4 Å². The minimum atomic E-state index is -3.74. The number of aliphatic hydroxyl groups excluding tert-OH is 1. The highest BCUT2D eigenvalue weighted by Crippen LogP contribution is 2.42. The zero-order valence-electron chi connectivity index (χ0n) is 17.9. The maximum atomic E-state index is 13.3. The number of carbonyl (C=O) groups excluding carboxylic acids is 2. The number of nitrogens with zero attached hydrogens (tertiary/aromatic N) is 2. The van der Waals surface area contributed by atoms with Crippen molar-refractivity contribution < 1.29 is 37.7 Å². The van der Waals surface area contributed by atoms with Gasteiger partial charge in [-0.2, -0.15) is 0 Å². The van der Waals surface area contributed by atoms with Crippen LogP contribution in [0.3, 0.4) is 0 Å². The highest BCUT2D eigenvalue weighted by molar-refractivity contribution is 5.97. The van der Waals surface area contributed by atoms with Crippen molar-refractivity contribution in [2.75, 3.05) is 6.61 Å². The third-order valence-electron chi connectivity index (χ3n) is 5.55. The fourth-order valence-electron chi connectivity index (χ4n) is 3.96. The van der Waals surface area contributed by atoms with Crippen LogP contribution in [0, 0.1) is 5.92 Å². The number of esters is 1. The number of nitrogens with one attached hydrogen (secondary N) is 1. The first kappa shape index (κ1) is 22.9. The van der Waals surface area contributed by atoms with Gasteiger partial charge in [-0.3, -0.25) is 20.0 Å². The maximum absolute atomic E-state index is 13.3.